The molecule has 104 valence electrons. The van der Waals surface area contributed by atoms with Gasteiger partial charge in [0.2, 0.25) is 5.91 Å². The van der Waals surface area contributed by atoms with Crippen molar-refractivity contribution in [2.45, 2.75) is 25.9 Å². The van der Waals surface area contributed by atoms with E-state index in [4.69, 9.17) is 4.74 Å². The van der Waals surface area contributed by atoms with Crippen LogP contribution in [-0.4, -0.2) is 38.3 Å². The van der Waals surface area contributed by atoms with Crippen LogP contribution in [0.25, 0.3) is 0 Å². The van der Waals surface area contributed by atoms with Crippen LogP contribution in [0.1, 0.15) is 19.8 Å². The van der Waals surface area contributed by atoms with E-state index in [1.165, 1.54) is 0 Å². The maximum Gasteiger partial charge on any atom is 0.240 e. The highest BCUT2D eigenvalue weighted by Gasteiger charge is 2.17. The summed E-state index contributed by atoms with van der Waals surface area (Å²) >= 11 is 0. The van der Waals surface area contributed by atoms with Crippen LogP contribution in [-0.2, 0) is 9.53 Å². The van der Waals surface area contributed by atoms with Crippen molar-refractivity contribution in [2.24, 2.45) is 0 Å². The number of anilines is 1. The molecule has 1 unspecified atom stereocenters. The van der Waals surface area contributed by atoms with Gasteiger partial charge in [0.1, 0.15) is 0 Å². The van der Waals surface area contributed by atoms with Crippen molar-refractivity contribution in [3.63, 3.8) is 0 Å². The number of benzene rings is 1. The van der Waals surface area contributed by atoms with Crippen LogP contribution >= 0.6 is 0 Å². The summed E-state index contributed by atoms with van der Waals surface area (Å²) in [6, 6.07) is 9.77. The second kappa shape index (κ2) is 7.26. The van der Waals surface area contributed by atoms with Gasteiger partial charge in [0.25, 0.3) is 0 Å². The van der Waals surface area contributed by atoms with Crippen molar-refractivity contribution < 1.29 is 9.53 Å². The topological polar surface area (TPSA) is 41.6 Å². The maximum atomic E-state index is 12.2. The lowest BCUT2D eigenvalue weighted by atomic mass is 10.2. The Bertz CT molecular complexity index is 388. The molecule has 2 rings (SSSR count). The molecule has 1 amide bonds. The van der Waals surface area contributed by atoms with Crippen molar-refractivity contribution in [3.05, 3.63) is 30.3 Å². The lowest BCUT2D eigenvalue weighted by molar-refractivity contribution is -0.117. The van der Waals surface area contributed by atoms with Gasteiger partial charge in [0, 0.05) is 25.4 Å². The minimum atomic E-state index is 0.103. The summed E-state index contributed by atoms with van der Waals surface area (Å²) in [4.78, 5) is 14.0. The minimum Gasteiger partial charge on any atom is -0.377 e. The minimum absolute atomic E-state index is 0.103. The summed E-state index contributed by atoms with van der Waals surface area (Å²) in [6.45, 7) is 4.65. The molecular weight excluding hydrogens is 240 g/mol. The molecule has 0 aromatic heterocycles. The zero-order valence-electron chi connectivity index (χ0n) is 11.5. The van der Waals surface area contributed by atoms with E-state index < -0.39 is 0 Å². The number of likely N-dealkylation sites (N-methyl/N-ethyl adjacent to an activating group) is 1. The number of rotatable bonds is 6. The van der Waals surface area contributed by atoms with Crippen molar-refractivity contribution >= 4 is 11.6 Å². The zero-order valence-corrected chi connectivity index (χ0v) is 11.5. The standard InChI is InChI=1S/C15H22N2O2/c1-2-17(13-7-4-3-5-8-13)15(18)12-16-11-14-9-6-10-19-14/h3-5,7-8,14,16H,2,6,9-12H2,1H3. The molecule has 1 N–H and O–H groups in total. The van der Waals surface area contributed by atoms with Gasteiger partial charge in [-0.3, -0.25) is 4.79 Å². The lowest BCUT2D eigenvalue weighted by Gasteiger charge is -2.21. The number of nitrogens with zero attached hydrogens (tertiary/aromatic N) is 1. The number of carbonyl (C=O) groups excluding carboxylic acids is 1. The van der Waals surface area contributed by atoms with Crippen molar-refractivity contribution in [1.82, 2.24) is 5.32 Å². The average Bonchev–Trinajstić information content (AvgIpc) is 2.94. The van der Waals surface area contributed by atoms with E-state index in [0.29, 0.717) is 13.1 Å². The van der Waals surface area contributed by atoms with Crippen molar-refractivity contribution in [2.75, 3.05) is 31.1 Å². The summed E-state index contributed by atoms with van der Waals surface area (Å²) in [5.74, 6) is 0.103. The highest BCUT2D eigenvalue weighted by atomic mass is 16.5. The molecule has 1 aliphatic rings. The van der Waals surface area contributed by atoms with E-state index in [1.807, 2.05) is 37.3 Å². The van der Waals surface area contributed by atoms with Crippen LogP contribution < -0.4 is 10.2 Å². The summed E-state index contributed by atoms with van der Waals surface area (Å²) in [5.41, 5.74) is 0.953. The van der Waals surface area contributed by atoms with Crippen LogP contribution in [0.2, 0.25) is 0 Å². The molecule has 0 radical (unpaired) electrons. The fraction of sp³-hybridized carbons (Fsp3) is 0.533. The first-order valence-corrected chi connectivity index (χ1v) is 6.99. The van der Waals surface area contributed by atoms with E-state index in [9.17, 15) is 4.79 Å². The number of hydrogen-bond acceptors (Lipinski definition) is 3. The third-order valence-corrected chi connectivity index (χ3v) is 3.36. The Morgan fingerprint density at radius 3 is 2.84 bits per heavy atom. The van der Waals surface area contributed by atoms with Gasteiger partial charge in [-0.2, -0.15) is 0 Å². The second-order valence-corrected chi connectivity index (χ2v) is 4.74. The molecule has 0 spiro atoms. The maximum absolute atomic E-state index is 12.2. The van der Waals surface area contributed by atoms with Crippen LogP contribution in [0.15, 0.2) is 30.3 Å². The van der Waals surface area contributed by atoms with Crippen LogP contribution in [0.5, 0.6) is 0 Å². The van der Waals surface area contributed by atoms with E-state index in [1.54, 1.807) is 4.90 Å². The molecule has 0 aliphatic carbocycles. The van der Waals surface area contributed by atoms with Crippen LogP contribution in [0.4, 0.5) is 5.69 Å². The first-order valence-electron chi connectivity index (χ1n) is 6.99. The fourth-order valence-corrected chi connectivity index (χ4v) is 2.35. The predicted molar refractivity (Wildman–Crippen MR) is 76.3 cm³/mol. The number of carbonyl (C=O) groups is 1. The normalized spacial score (nSPS) is 18.5. The molecule has 0 saturated carbocycles. The zero-order chi connectivity index (χ0) is 13.5. The molecule has 1 aromatic carbocycles. The number of hydrogen-bond donors (Lipinski definition) is 1. The second-order valence-electron chi connectivity index (χ2n) is 4.74. The molecule has 1 aromatic rings. The average molecular weight is 262 g/mol. The Hall–Kier alpha value is -1.39. The van der Waals surface area contributed by atoms with Crippen LogP contribution in [0.3, 0.4) is 0 Å². The Morgan fingerprint density at radius 1 is 1.42 bits per heavy atom. The molecule has 1 aliphatic heterocycles. The summed E-state index contributed by atoms with van der Waals surface area (Å²) in [6.07, 6.45) is 2.50. The molecule has 1 heterocycles. The molecule has 1 atom stereocenters. The molecule has 19 heavy (non-hydrogen) atoms. The fourth-order valence-electron chi connectivity index (χ4n) is 2.35. The van der Waals surface area contributed by atoms with Gasteiger partial charge in [-0.1, -0.05) is 18.2 Å². The number of amides is 1. The Morgan fingerprint density at radius 2 is 2.21 bits per heavy atom. The third-order valence-electron chi connectivity index (χ3n) is 3.36. The monoisotopic (exact) mass is 262 g/mol. The van der Waals surface area contributed by atoms with Gasteiger partial charge in [-0.05, 0) is 31.9 Å². The first-order chi connectivity index (χ1) is 9.31. The van der Waals surface area contributed by atoms with E-state index in [2.05, 4.69) is 5.32 Å². The number of nitrogens with one attached hydrogen (secondary N) is 1. The smallest absolute Gasteiger partial charge is 0.240 e. The lowest BCUT2D eigenvalue weighted by Crippen LogP contribution is -2.40. The Balaban J connectivity index is 1.80. The van der Waals surface area contributed by atoms with Gasteiger partial charge in [-0.25, -0.2) is 0 Å². The Labute approximate surface area is 114 Å². The highest BCUT2D eigenvalue weighted by Crippen LogP contribution is 2.13. The van der Waals surface area contributed by atoms with Gasteiger partial charge >= 0.3 is 0 Å². The highest BCUT2D eigenvalue weighted by molar-refractivity contribution is 5.94. The SMILES string of the molecule is CCN(C(=O)CNCC1CCCO1)c1ccccc1. The van der Waals surface area contributed by atoms with Crippen LogP contribution in [0, 0.1) is 0 Å². The molecular formula is C15H22N2O2. The number of para-hydroxylation sites is 1. The van der Waals surface area contributed by atoms with E-state index >= 15 is 0 Å². The molecule has 0 bridgehead atoms. The van der Waals surface area contributed by atoms with Crippen molar-refractivity contribution in [3.8, 4) is 0 Å². The first kappa shape index (κ1) is 14.0. The largest absolute Gasteiger partial charge is 0.377 e. The summed E-state index contributed by atoms with van der Waals surface area (Å²) in [5, 5.41) is 3.20. The third kappa shape index (κ3) is 4.04. The van der Waals surface area contributed by atoms with Gasteiger partial charge in [-0.15, -0.1) is 0 Å². The Kier molecular flexibility index (Phi) is 5.36. The quantitative estimate of drug-likeness (QED) is 0.850. The van der Waals surface area contributed by atoms with E-state index in [0.717, 1.165) is 31.7 Å². The molecule has 1 fully saturated rings. The molecule has 1 saturated heterocycles. The summed E-state index contributed by atoms with van der Waals surface area (Å²) in [7, 11) is 0. The molecule has 4 nitrogen and oxygen atoms in total. The summed E-state index contributed by atoms with van der Waals surface area (Å²) < 4.78 is 5.52. The van der Waals surface area contributed by atoms with Gasteiger partial charge in [0.15, 0.2) is 0 Å². The predicted octanol–water partition coefficient (Wildman–Crippen LogP) is 1.81. The van der Waals surface area contributed by atoms with Gasteiger partial charge in [0.05, 0.1) is 12.6 Å². The van der Waals surface area contributed by atoms with Gasteiger partial charge < -0.3 is 15.0 Å². The molecule has 4 heteroatoms. The number of ether oxygens (including phenoxy) is 1. The van der Waals surface area contributed by atoms with Crippen molar-refractivity contribution in [1.29, 1.82) is 0 Å². The van der Waals surface area contributed by atoms with E-state index in [-0.39, 0.29) is 12.0 Å².